The predicted molar refractivity (Wildman–Crippen MR) is 76.3 cm³/mol. The quantitative estimate of drug-likeness (QED) is 0.648. The number of rotatable bonds is 6. The molecule has 0 bridgehead atoms. The molecule has 0 radical (unpaired) electrons. The van der Waals surface area contributed by atoms with E-state index in [2.05, 4.69) is 27.8 Å². The minimum Gasteiger partial charge on any atom is -0.467 e. The van der Waals surface area contributed by atoms with Gasteiger partial charge in [-0.15, -0.1) is 6.58 Å². The Hall–Kier alpha value is -1.13. The molecule has 4 heteroatoms. The van der Waals surface area contributed by atoms with E-state index in [4.69, 9.17) is 4.74 Å². The van der Waals surface area contributed by atoms with Crippen LogP contribution in [0.5, 0.6) is 0 Å². The standard InChI is InChI=1S/C14H18BrNO2/c1-4-9-16-14(5-2,13(17)18-3)11-7-6-8-12(15)10-11/h4,6-8,10,16H,1,5,9H2,2-3H3. The van der Waals surface area contributed by atoms with Gasteiger partial charge < -0.3 is 4.74 Å². The highest BCUT2D eigenvalue weighted by Crippen LogP contribution is 2.28. The van der Waals surface area contributed by atoms with Crippen LogP contribution in [-0.2, 0) is 15.1 Å². The van der Waals surface area contributed by atoms with Gasteiger partial charge in [-0.2, -0.15) is 0 Å². The molecule has 0 saturated heterocycles. The van der Waals surface area contributed by atoms with Crippen LogP contribution in [0.25, 0.3) is 0 Å². The monoisotopic (exact) mass is 311 g/mol. The maximum atomic E-state index is 12.1. The van der Waals surface area contributed by atoms with Crippen molar-refractivity contribution in [3.05, 3.63) is 47.0 Å². The Morgan fingerprint density at radius 1 is 1.61 bits per heavy atom. The molecule has 1 aromatic rings. The van der Waals surface area contributed by atoms with E-state index in [1.165, 1.54) is 7.11 Å². The van der Waals surface area contributed by atoms with Gasteiger partial charge in [0.05, 0.1) is 7.11 Å². The van der Waals surface area contributed by atoms with Crippen molar-refractivity contribution in [1.82, 2.24) is 5.32 Å². The molecule has 0 aromatic heterocycles. The van der Waals surface area contributed by atoms with Crippen molar-refractivity contribution in [2.75, 3.05) is 13.7 Å². The molecular weight excluding hydrogens is 294 g/mol. The molecule has 1 unspecified atom stereocenters. The smallest absolute Gasteiger partial charge is 0.330 e. The molecule has 0 spiro atoms. The number of carbonyl (C=O) groups excluding carboxylic acids is 1. The first-order chi connectivity index (χ1) is 8.60. The van der Waals surface area contributed by atoms with Gasteiger partial charge in [-0.3, -0.25) is 5.32 Å². The number of nitrogens with one attached hydrogen (secondary N) is 1. The van der Waals surface area contributed by atoms with Crippen LogP contribution in [0.4, 0.5) is 0 Å². The Labute approximate surface area is 116 Å². The molecular formula is C14H18BrNO2. The highest BCUT2D eigenvalue weighted by atomic mass is 79.9. The largest absolute Gasteiger partial charge is 0.467 e. The van der Waals surface area contributed by atoms with Crippen LogP contribution in [0.3, 0.4) is 0 Å². The van der Waals surface area contributed by atoms with E-state index < -0.39 is 5.54 Å². The Bertz CT molecular complexity index is 434. The van der Waals surface area contributed by atoms with E-state index >= 15 is 0 Å². The first kappa shape index (κ1) is 14.9. The Morgan fingerprint density at radius 3 is 2.83 bits per heavy atom. The second-order valence-electron chi connectivity index (χ2n) is 3.93. The maximum Gasteiger partial charge on any atom is 0.330 e. The molecule has 1 rings (SSSR count). The lowest BCUT2D eigenvalue weighted by Crippen LogP contribution is -2.49. The molecule has 0 fully saturated rings. The average Bonchev–Trinajstić information content (AvgIpc) is 2.39. The maximum absolute atomic E-state index is 12.1. The molecule has 1 aromatic carbocycles. The third-order valence-corrected chi connectivity index (χ3v) is 3.42. The molecule has 1 atom stereocenters. The molecule has 98 valence electrons. The van der Waals surface area contributed by atoms with Crippen LogP contribution in [-0.4, -0.2) is 19.6 Å². The summed E-state index contributed by atoms with van der Waals surface area (Å²) in [7, 11) is 1.40. The lowest BCUT2D eigenvalue weighted by molar-refractivity contribution is -0.149. The molecule has 0 aliphatic heterocycles. The highest BCUT2D eigenvalue weighted by Gasteiger charge is 2.39. The van der Waals surface area contributed by atoms with E-state index in [0.717, 1.165) is 10.0 Å². The number of methoxy groups -OCH3 is 1. The van der Waals surface area contributed by atoms with Gasteiger partial charge in [0, 0.05) is 11.0 Å². The SMILES string of the molecule is C=CCNC(CC)(C(=O)OC)c1cccc(Br)c1. The summed E-state index contributed by atoms with van der Waals surface area (Å²) in [6.45, 7) is 6.16. The van der Waals surface area contributed by atoms with Crippen molar-refractivity contribution < 1.29 is 9.53 Å². The molecule has 0 saturated carbocycles. The lowest BCUT2D eigenvalue weighted by Gasteiger charge is -2.31. The zero-order valence-electron chi connectivity index (χ0n) is 10.7. The van der Waals surface area contributed by atoms with E-state index in [0.29, 0.717) is 13.0 Å². The molecule has 1 N–H and O–H groups in total. The number of ether oxygens (including phenoxy) is 1. The van der Waals surface area contributed by atoms with E-state index in [9.17, 15) is 4.79 Å². The van der Waals surface area contributed by atoms with Crippen LogP contribution in [0, 0.1) is 0 Å². The first-order valence-electron chi connectivity index (χ1n) is 5.81. The normalized spacial score (nSPS) is 13.7. The third-order valence-electron chi connectivity index (χ3n) is 2.93. The lowest BCUT2D eigenvalue weighted by atomic mass is 9.87. The fraction of sp³-hybridized carbons (Fsp3) is 0.357. The van der Waals surface area contributed by atoms with Gasteiger partial charge in [0.2, 0.25) is 0 Å². The summed E-state index contributed by atoms with van der Waals surface area (Å²) in [6.07, 6.45) is 2.33. The topological polar surface area (TPSA) is 38.3 Å². The molecule has 0 aliphatic carbocycles. The summed E-state index contributed by atoms with van der Waals surface area (Å²) < 4.78 is 5.88. The van der Waals surface area contributed by atoms with Crippen molar-refractivity contribution in [2.24, 2.45) is 0 Å². The van der Waals surface area contributed by atoms with Crippen molar-refractivity contribution in [3.63, 3.8) is 0 Å². The van der Waals surface area contributed by atoms with E-state index in [1.807, 2.05) is 31.2 Å². The Morgan fingerprint density at radius 2 is 2.33 bits per heavy atom. The highest BCUT2D eigenvalue weighted by molar-refractivity contribution is 9.10. The molecule has 18 heavy (non-hydrogen) atoms. The molecule has 0 amide bonds. The van der Waals surface area contributed by atoms with Crippen LogP contribution < -0.4 is 5.32 Å². The Balaban J connectivity index is 3.24. The fourth-order valence-corrected chi connectivity index (χ4v) is 2.34. The molecule has 3 nitrogen and oxygen atoms in total. The van der Waals surface area contributed by atoms with Gasteiger partial charge >= 0.3 is 5.97 Å². The van der Waals surface area contributed by atoms with Crippen LogP contribution in [0.2, 0.25) is 0 Å². The number of benzene rings is 1. The molecule has 0 heterocycles. The second kappa shape index (κ2) is 6.71. The first-order valence-corrected chi connectivity index (χ1v) is 6.60. The summed E-state index contributed by atoms with van der Waals surface area (Å²) in [4.78, 5) is 12.1. The van der Waals surface area contributed by atoms with E-state index in [-0.39, 0.29) is 5.97 Å². The van der Waals surface area contributed by atoms with Crippen LogP contribution in [0.15, 0.2) is 41.4 Å². The summed E-state index contributed by atoms with van der Waals surface area (Å²) >= 11 is 3.42. The van der Waals surface area contributed by atoms with Gasteiger partial charge in [-0.05, 0) is 24.1 Å². The average molecular weight is 312 g/mol. The van der Waals surface area contributed by atoms with Gasteiger partial charge in [0.1, 0.15) is 5.54 Å². The summed E-state index contributed by atoms with van der Waals surface area (Å²) in [5.41, 5.74) is 0.0558. The second-order valence-corrected chi connectivity index (χ2v) is 4.85. The number of esters is 1. The van der Waals surface area contributed by atoms with E-state index in [1.54, 1.807) is 6.08 Å². The zero-order valence-corrected chi connectivity index (χ0v) is 12.3. The minimum absolute atomic E-state index is 0.287. The number of halogens is 1. The molecule has 0 aliphatic rings. The van der Waals surface area contributed by atoms with Gasteiger partial charge in [0.15, 0.2) is 0 Å². The van der Waals surface area contributed by atoms with Crippen molar-refractivity contribution in [1.29, 1.82) is 0 Å². The summed E-state index contributed by atoms with van der Waals surface area (Å²) in [5, 5.41) is 3.21. The summed E-state index contributed by atoms with van der Waals surface area (Å²) in [5.74, 6) is -0.287. The Kier molecular flexibility index (Phi) is 5.56. The van der Waals surface area contributed by atoms with Crippen LogP contribution in [0.1, 0.15) is 18.9 Å². The zero-order chi connectivity index (χ0) is 13.6. The van der Waals surface area contributed by atoms with Crippen molar-refractivity contribution >= 4 is 21.9 Å². The van der Waals surface area contributed by atoms with Gasteiger partial charge in [-0.25, -0.2) is 4.79 Å². The summed E-state index contributed by atoms with van der Waals surface area (Å²) in [6, 6.07) is 7.68. The predicted octanol–water partition coefficient (Wildman–Crippen LogP) is 3.00. The fourth-order valence-electron chi connectivity index (χ4n) is 1.94. The van der Waals surface area contributed by atoms with Gasteiger partial charge in [0.25, 0.3) is 0 Å². The number of hydrogen-bond acceptors (Lipinski definition) is 3. The number of carbonyl (C=O) groups is 1. The third kappa shape index (κ3) is 3.00. The van der Waals surface area contributed by atoms with Crippen molar-refractivity contribution in [2.45, 2.75) is 18.9 Å². The minimum atomic E-state index is -0.827. The van der Waals surface area contributed by atoms with Crippen molar-refractivity contribution in [3.8, 4) is 0 Å². The van der Waals surface area contributed by atoms with Gasteiger partial charge in [-0.1, -0.05) is 41.1 Å². The van der Waals surface area contributed by atoms with Crippen LogP contribution >= 0.6 is 15.9 Å². The number of hydrogen-bond donors (Lipinski definition) is 1.